The Morgan fingerprint density at radius 3 is 2.57 bits per heavy atom. The molecular formula is C17H30O6. The summed E-state index contributed by atoms with van der Waals surface area (Å²) >= 11 is 0. The van der Waals surface area contributed by atoms with Crippen LogP contribution in [-0.2, 0) is 19.0 Å². The van der Waals surface area contributed by atoms with Gasteiger partial charge >= 0.3 is 5.97 Å². The first kappa shape index (κ1) is 18.6. The molecule has 2 rings (SSSR count). The zero-order chi connectivity index (χ0) is 17.1. The third-order valence-electron chi connectivity index (χ3n) is 4.58. The van der Waals surface area contributed by atoms with Crippen molar-refractivity contribution in [1.29, 1.82) is 0 Å². The minimum atomic E-state index is -0.807. The first-order chi connectivity index (χ1) is 10.8. The minimum absolute atomic E-state index is 0.0382. The van der Waals surface area contributed by atoms with Crippen molar-refractivity contribution in [2.24, 2.45) is 11.8 Å². The van der Waals surface area contributed by atoms with E-state index in [1.165, 1.54) is 0 Å². The Kier molecular flexibility index (Phi) is 6.42. The highest BCUT2D eigenvalue weighted by Crippen LogP contribution is 2.43. The van der Waals surface area contributed by atoms with Crippen LogP contribution in [0.4, 0.5) is 0 Å². The van der Waals surface area contributed by atoms with E-state index >= 15 is 0 Å². The monoisotopic (exact) mass is 330 g/mol. The second-order valence-electron chi connectivity index (χ2n) is 7.19. The van der Waals surface area contributed by atoms with Gasteiger partial charge in [-0.1, -0.05) is 0 Å². The van der Waals surface area contributed by atoms with Crippen LogP contribution in [0.3, 0.4) is 0 Å². The van der Waals surface area contributed by atoms with Gasteiger partial charge in [-0.3, -0.25) is 4.79 Å². The average Bonchev–Trinajstić information content (AvgIpc) is 3.21. The molecule has 1 saturated heterocycles. The van der Waals surface area contributed by atoms with E-state index in [2.05, 4.69) is 0 Å². The largest absolute Gasteiger partial charge is 0.463 e. The second-order valence-corrected chi connectivity index (χ2v) is 7.19. The molecule has 7 atom stereocenters. The zero-order valence-electron chi connectivity index (χ0n) is 14.5. The lowest BCUT2D eigenvalue weighted by Crippen LogP contribution is -2.48. The fourth-order valence-corrected chi connectivity index (χ4v) is 2.99. The van der Waals surface area contributed by atoms with Crippen LogP contribution in [-0.4, -0.2) is 53.0 Å². The van der Waals surface area contributed by atoms with E-state index in [0.717, 1.165) is 19.3 Å². The molecule has 1 aliphatic carbocycles. The minimum Gasteiger partial charge on any atom is -0.463 e. The maximum atomic E-state index is 11.8. The smallest absolute Gasteiger partial charge is 0.309 e. The van der Waals surface area contributed by atoms with Crippen molar-refractivity contribution < 1.29 is 29.2 Å². The van der Waals surface area contributed by atoms with E-state index < -0.39 is 18.5 Å². The van der Waals surface area contributed by atoms with Gasteiger partial charge in [-0.05, 0) is 52.9 Å². The Hall–Kier alpha value is -0.690. The summed E-state index contributed by atoms with van der Waals surface area (Å²) in [6.07, 6.45) is 0.248. The Morgan fingerprint density at radius 2 is 1.91 bits per heavy atom. The molecule has 134 valence electrons. The van der Waals surface area contributed by atoms with Crippen LogP contribution in [0.1, 0.15) is 53.4 Å². The van der Waals surface area contributed by atoms with E-state index in [1.54, 1.807) is 6.92 Å². The van der Waals surface area contributed by atoms with Crippen molar-refractivity contribution in [3.8, 4) is 0 Å². The molecule has 0 radical (unpaired) electrons. The molecule has 2 fully saturated rings. The third kappa shape index (κ3) is 5.41. The van der Waals surface area contributed by atoms with Crippen LogP contribution in [0.15, 0.2) is 0 Å². The number of hydrogen-bond acceptors (Lipinski definition) is 6. The summed E-state index contributed by atoms with van der Waals surface area (Å²) in [5.41, 5.74) is 0. The van der Waals surface area contributed by atoms with Crippen LogP contribution in [0.2, 0.25) is 0 Å². The highest BCUT2D eigenvalue weighted by Gasteiger charge is 2.44. The van der Waals surface area contributed by atoms with Crippen molar-refractivity contribution >= 4 is 5.97 Å². The summed E-state index contributed by atoms with van der Waals surface area (Å²) in [5.74, 6) is 0.328. The molecule has 6 nitrogen and oxygen atoms in total. The van der Waals surface area contributed by atoms with Crippen molar-refractivity contribution in [3.63, 3.8) is 0 Å². The van der Waals surface area contributed by atoms with Gasteiger partial charge in [0.2, 0.25) is 0 Å². The Morgan fingerprint density at radius 1 is 1.22 bits per heavy atom. The molecular weight excluding hydrogens is 300 g/mol. The van der Waals surface area contributed by atoms with Gasteiger partial charge in [0, 0.05) is 6.42 Å². The van der Waals surface area contributed by atoms with E-state index in [9.17, 15) is 15.0 Å². The number of hydrogen-bond donors (Lipinski definition) is 2. The van der Waals surface area contributed by atoms with Gasteiger partial charge < -0.3 is 24.4 Å². The lowest BCUT2D eigenvalue weighted by molar-refractivity contribution is -0.273. The zero-order valence-corrected chi connectivity index (χ0v) is 14.5. The van der Waals surface area contributed by atoms with Crippen molar-refractivity contribution in [3.05, 3.63) is 0 Å². The van der Waals surface area contributed by atoms with Gasteiger partial charge in [0.25, 0.3) is 0 Å². The van der Waals surface area contributed by atoms with Gasteiger partial charge in [-0.15, -0.1) is 0 Å². The molecule has 0 aromatic carbocycles. The van der Waals surface area contributed by atoms with Crippen LogP contribution in [0.25, 0.3) is 0 Å². The van der Waals surface area contributed by atoms with E-state index in [4.69, 9.17) is 14.2 Å². The summed E-state index contributed by atoms with van der Waals surface area (Å²) in [6.45, 7) is 7.43. The lowest BCUT2D eigenvalue weighted by atomic mass is 10.0. The molecule has 2 aliphatic rings. The molecule has 0 bridgehead atoms. The van der Waals surface area contributed by atoms with E-state index in [1.807, 2.05) is 20.8 Å². The first-order valence-corrected chi connectivity index (χ1v) is 8.65. The summed E-state index contributed by atoms with van der Waals surface area (Å²) in [7, 11) is 0. The number of rotatable bonds is 7. The van der Waals surface area contributed by atoms with E-state index in [0.29, 0.717) is 5.92 Å². The standard InChI is InChI=1S/C17H30O6/c1-9(2)21-16(20)13-7-12(13)6-5-10(3)22-17-15(19)8-14(18)11(4)23-17/h9-15,17-19H,5-8H2,1-4H3/t10-,11+,12+,13-,14?,15-,17?/m1/s1. The SMILES string of the molecule is CC(C)OC(=O)[C@@H]1C[C@@H]1CC[C@@H](C)OC1O[C@@H](C)C(O)C[C@H]1O. The third-order valence-corrected chi connectivity index (χ3v) is 4.58. The average molecular weight is 330 g/mol. The van der Waals surface area contributed by atoms with Crippen LogP contribution in [0.5, 0.6) is 0 Å². The van der Waals surface area contributed by atoms with E-state index in [-0.39, 0.29) is 36.6 Å². The number of carbonyl (C=O) groups is 1. The molecule has 1 heterocycles. The molecule has 0 aromatic rings. The van der Waals surface area contributed by atoms with Crippen LogP contribution < -0.4 is 0 Å². The molecule has 2 unspecified atom stereocenters. The van der Waals surface area contributed by atoms with Gasteiger partial charge in [0.15, 0.2) is 6.29 Å². The topological polar surface area (TPSA) is 85.2 Å². The Bertz CT molecular complexity index is 399. The molecule has 0 aromatic heterocycles. The quantitative estimate of drug-likeness (QED) is 0.690. The molecule has 1 aliphatic heterocycles. The maximum Gasteiger partial charge on any atom is 0.309 e. The summed E-state index contributed by atoms with van der Waals surface area (Å²) < 4.78 is 16.5. The fraction of sp³-hybridized carbons (Fsp3) is 0.941. The molecule has 6 heteroatoms. The molecule has 1 saturated carbocycles. The lowest BCUT2D eigenvalue weighted by Gasteiger charge is -2.36. The Balaban J connectivity index is 1.66. The maximum absolute atomic E-state index is 11.8. The normalized spacial score (nSPS) is 38.4. The van der Waals surface area contributed by atoms with Crippen molar-refractivity contribution in [1.82, 2.24) is 0 Å². The van der Waals surface area contributed by atoms with Gasteiger partial charge in [0.1, 0.15) is 6.10 Å². The van der Waals surface area contributed by atoms with Gasteiger partial charge in [-0.25, -0.2) is 0 Å². The first-order valence-electron chi connectivity index (χ1n) is 8.65. The second kappa shape index (κ2) is 7.92. The summed E-state index contributed by atoms with van der Waals surface area (Å²) in [5, 5.41) is 19.6. The predicted octanol–water partition coefficient (Wildman–Crippen LogP) is 1.62. The number of aliphatic hydroxyl groups excluding tert-OH is 2. The number of ether oxygens (including phenoxy) is 3. The number of esters is 1. The fourth-order valence-electron chi connectivity index (χ4n) is 2.99. The summed E-state index contributed by atoms with van der Waals surface area (Å²) in [6, 6.07) is 0. The Labute approximate surface area is 138 Å². The summed E-state index contributed by atoms with van der Waals surface area (Å²) in [4.78, 5) is 11.8. The molecule has 0 amide bonds. The molecule has 2 N–H and O–H groups in total. The van der Waals surface area contributed by atoms with Gasteiger partial charge in [-0.2, -0.15) is 0 Å². The molecule has 23 heavy (non-hydrogen) atoms. The van der Waals surface area contributed by atoms with Crippen molar-refractivity contribution in [2.45, 2.75) is 90.2 Å². The number of carbonyl (C=O) groups excluding carboxylic acids is 1. The predicted molar refractivity (Wildman–Crippen MR) is 83.6 cm³/mol. The number of aliphatic hydroxyl groups is 2. The van der Waals surface area contributed by atoms with Crippen LogP contribution >= 0.6 is 0 Å². The molecule has 0 spiro atoms. The van der Waals surface area contributed by atoms with Crippen molar-refractivity contribution in [2.75, 3.05) is 0 Å². The highest BCUT2D eigenvalue weighted by molar-refractivity contribution is 5.75. The van der Waals surface area contributed by atoms with Crippen LogP contribution in [0, 0.1) is 11.8 Å². The van der Waals surface area contributed by atoms with Gasteiger partial charge in [0.05, 0.1) is 30.3 Å². The highest BCUT2D eigenvalue weighted by atomic mass is 16.7.